The highest BCUT2D eigenvalue weighted by atomic mass is 32.1. The molecule has 0 aliphatic carbocycles. The molecule has 0 bridgehead atoms. The molecule has 150 valence electrons. The van der Waals surface area contributed by atoms with Crippen molar-refractivity contribution in [2.45, 2.75) is 46.8 Å². The van der Waals surface area contributed by atoms with Gasteiger partial charge in [-0.3, -0.25) is 0 Å². The van der Waals surface area contributed by atoms with E-state index in [9.17, 15) is 9.59 Å². The Morgan fingerprint density at radius 3 is 2.30 bits per heavy atom. The molecule has 1 aromatic heterocycles. The van der Waals surface area contributed by atoms with E-state index in [0.717, 1.165) is 11.3 Å². The molecule has 1 aromatic rings. The lowest BCUT2D eigenvalue weighted by Gasteiger charge is -2.36. The Kier molecular flexibility index (Phi) is 7.58. The van der Waals surface area contributed by atoms with Gasteiger partial charge in [-0.1, -0.05) is 0 Å². The zero-order valence-electron chi connectivity index (χ0n) is 16.3. The number of rotatable bonds is 5. The Morgan fingerprint density at radius 2 is 1.74 bits per heavy atom. The minimum Gasteiger partial charge on any atom is -0.462 e. The molecule has 1 N–H and O–H groups in total. The fourth-order valence-electron chi connectivity index (χ4n) is 2.96. The molecule has 0 radical (unpaired) electrons. The van der Waals surface area contributed by atoms with Crippen molar-refractivity contribution in [3.8, 4) is 0 Å². The van der Waals surface area contributed by atoms with Gasteiger partial charge >= 0.3 is 11.9 Å². The topological polar surface area (TPSA) is 77.1 Å². The SMILES string of the molecule is CCOC(=O)c1sc(NC(=S)N2C[C@@H](C)O[C@H](C)C2)c(C(=O)OCC)c1C. The van der Waals surface area contributed by atoms with Crippen LogP contribution in [0, 0.1) is 6.92 Å². The third-order valence-corrected chi connectivity index (χ3v) is 5.56. The Bertz CT molecular complexity index is 709. The Hall–Kier alpha value is -1.71. The smallest absolute Gasteiger partial charge is 0.348 e. The molecule has 0 saturated carbocycles. The van der Waals surface area contributed by atoms with Gasteiger partial charge < -0.3 is 24.4 Å². The second-order valence-corrected chi connectivity index (χ2v) is 7.70. The number of nitrogens with zero attached hydrogens (tertiary/aromatic N) is 1. The van der Waals surface area contributed by atoms with Crippen LogP contribution < -0.4 is 5.32 Å². The van der Waals surface area contributed by atoms with Crippen LogP contribution in [0.2, 0.25) is 0 Å². The third kappa shape index (κ3) is 5.18. The molecule has 2 atom stereocenters. The molecule has 2 rings (SSSR count). The second kappa shape index (κ2) is 9.48. The zero-order valence-corrected chi connectivity index (χ0v) is 17.9. The van der Waals surface area contributed by atoms with E-state index < -0.39 is 11.9 Å². The summed E-state index contributed by atoms with van der Waals surface area (Å²) in [5, 5.41) is 4.11. The van der Waals surface area contributed by atoms with Crippen LogP contribution >= 0.6 is 23.6 Å². The fourth-order valence-corrected chi connectivity index (χ4v) is 4.37. The summed E-state index contributed by atoms with van der Waals surface area (Å²) in [6, 6.07) is 0. The predicted molar refractivity (Wildman–Crippen MR) is 109 cm³/mol. The second-order valence-electron chi connectivity index (χ2n) is 6.29. The van der Waals surface area contributed by atoms with Crippen LogP contribution in [0.25, 0.3) is 0 Å². The largest absolute Gasteiger partial charge is 0.462 e. The zero-order chi connectivity index (χ0) is 20.1. The number of ether oxygens (including phenoxy) is 3. The first-order chi connectivity index (χ1) is 12.8. The summed E-state index contributed by atoms with van der Waals surface area (Å²) in [6.07, 6.45) is 0.108. The summed E-state index contributed by atoms with van der Waals surface area (Å²) < 4.78 is 16.0. The summed E-state index contributed by atoms with van der Waals surface area (Å²) in [7, 11) is 0. The van der Waals surface area contributed by atoms with Gasteiger partial charge in [-0.25, -0.2) is 9.59 Å². The van der Waals surface area contributed by atoms with E-state index in [1.54, 1.807) is 20.8 Å². The number of carbonyl (C=O) groups excluding carboxylic acids is 2. The molecule has 2 heterocycles. The first-order valence-electron chi connectivity index (χ1n) is 8.97. The van der Waals surface area contributed by atoms with Crippen molar-refractivity contribution in [1.82, 2.24) is 4.90 Å². The first kappa shape index (κ1) is 21.6. The molecule has 0 aromatic carbocycles. The van der Waals surface area contributed by atoms with E-state index >= 15 is 0 Å². The van der Waals surface area contributed by atoms with Crippen molar-refractivity contribution in [3.05, 3.63) is 16.0 Å². The molecule has 0 unspecified atom stereocenters. The lowest BCUT2D eigenvalue weighted by molar-refractivity contribution is -0.0473. The molecular formula is C18H26N2O5S2. The maximum absolute atomic E-state index is 12.5. The van der Waals surface area contributed by atoms with Gasteiger partial charge in [-0.2, -0.15) is 0 Å². The standard InChI is InChI=1S/C18H26N2O5S2/c1-6-23-16(21)13-12(5)14(17(22)24-7-2)27-15(13)19-18(26)20-8-10(3)25-11(4)9-20/h10-11H,6-9H2,1-5H3,(H,19,26)/t10-,11-/m1/s1. The normalized spacial score (nSPS) is 19.5. The molecule has 9 heteroatoms. The molecule has 7 nitrogen and oxygen atoms in total. The lowest BCUT2D eigenvalue weighted by atomic mass is 10.1. The Labute approximate surface area is 169 Å². The van der Waals surface area contributed by atoms with Gasteiger partial charge in [0.05, 0.1) is 31.0 Å². The molecule has 1 fully saturated rings. The average Bonchev–Trinajstić information content (AvgIpc) is 2.90. The molecule has 0 spiro atoms. The number of thiocarbonyl (C=S) groups is 1. The van der Waals surface area contributed by atoms with E-state index in [4.69, 9.17) is 26.4 Å². The number of carbonyl (C=O) groups is 2. The monoisotopic (exact) mass is 414 g/mol. The summed E-state index contributed by atoms with van der Waals surface area (Å²) in [4.78, 5) is 27.1. The maximum atomic E-state index is 12.5. The highest BCUT2D eigenvalue weighted by Crippen LogP contribution is 2.34. The molecule has 1 aliphatic rings. The summed E-state index contributed by atoms with van der Waals surface area (Å²) in [5.41, 5.74) is 0.854. The van der Waals surface area contributed by atoms with Crippen molar-refractivity contribution in [3.63, 3.8) is 0 Å². The number of esters is 2. The fraction of sp³-hybridized carbons (Fsp3) is 0.611. The van der Waals surface area contributed by atoms with Gasteiger partial charge in [-0.05, 0) is 52.4 Å². The Morgan fingerprint density at radius 1 is 1.19 bits per heavy atom. The lowest BCUT2D eigenvalue weighted by Crippen LogP contribution is -2.49. The van der Waals surface area contributed by atoms with Crippen LogP contribution in [-0.2, 0) is 14.2 Å². The van der Waals surface area contributed by atoms with E-state index in [0.29, 0.717) is 39.2 Å². The van der Waals surface area contributed by atoms with E-state index in [-0.39, 0.29) is 25.4 Å². The van der Waals surface area contributed by atoms with Crippen LogP contribution in [0.1, 0.15) is 53.3 Å². The van der Waals surface area contributed by atoms with Crippen molar-refractivity contribution in [2.75, 3.05) is 31.6 Å². The molecule has 1 saturated heterocycles. The van der Waals surface area contributed by atoms with Gasteiger partial charge in [0, 0.05) is 13.1 Å². The van der Waals surface area contributed by atoms with Crippen molar-refractivity contribution in [2.24, 2.45) is 0 Å². The highest BCUT2D eigenvalue weighted by molar-refractivity contribution is 7.80. The number of nitrogens with one attached hydrogen (secondary N) is 1. The Balaban J connectivity index is 2.30. The van der Waals surface area contributed by atoms with Crippen molar-refractivity contribution < 1.29 is 23.8 Å². The highest BCUT2D eigenvalue weighted by Gasteiger charge is 2.29. The van der Waals surface area contributed by atoms with Gasteiger partial charge in [0.15, 0.2) is 5.11 Å². The number of morpholine rings is 1. The predicted octanol–water partition coefficient (Wildman–Crippen LogP) is 3.22. The van der Waals surface area contributed by atoms with E-state index in [1.807, 2.05) is 18.7 Å². The number of hydrogen-bond donors (Lipinski definition) is 1. The third-order valence-electron chi connectivity index (χ3n) is 4.01. The van der Waals surface area contributed by atoms with Crippen LogP contribution in [0.5, 0.6) is 0 Å². The summed E-state index contributed by atoms with van der Waals surface area (Å²) in [5.74, 6) is -0.950. The summed E-state index contributed by atoms with van der Waals surface area (Å²) in [6.45, 7) is 11.0. The number of anilines is 1. The van der Waals surface area contributed by atoms with Gasteiger partial charge in [-0.15, -0.1) is 11.3 Å². The number of thiophene rings is 1. The maximum Gasteiger partial charge on any atom is 0.348 e. The van der Waals surface area contributed by atoms with Gasteiger partial charge in [0.25, 0.3) is 0 Å². The van der Waals surface area contributed by atoms with Crippen LogP contribution in [0.3, 0.4) is 0 Å². The number of hydrogen-bond acceptors (Lipinski definition) is 7. The first-order valence-corrected chi connectivity index (χ1v) is 10.2. The van der Waals surface area contributed by atoms with Gasteiger partial charge in [0.1, 0.15) is 9.88 Å². The molecule has 0 amide bonds. The summed E-state index contributed by atoms with van der Waals surface area (Å²) >= 11 is 6.69. The minimum absolute atomic E-state index is 0.0539. The minimum atomic E-state index is -0.490. The van der Waals surface area contributed by atoms with Crippen LogP contribution in [0.15, 0.2) is 0 Å². The average molecular weight is 415 g/mol. The molecule has 27 heavy (non-hydrogen) atoms. The van der Waals surface area contributed by atoms with E-state index in [2.05, 4.69) is 5.32 Å². The van der Waals surface area contributed by atoms with Crippen LogP contribution in [0.4, 0.5) is 5.00 Å². The van der Waals surface area contributed by atoms with E-state index in [1.165, 1.54) is 0 Å². The molecular weight excluding hydrogens is 388 g/mol. The quantitative estimate of drug-likeness (QED) is 0.581. The van der Waals surface area contributed by atoms with Crippen molar-refractivity contribution >= 4 is 45.6 Å². The molecule has 1 aliphatic heterocycles. The van der Waals surface area contributed by atoms with Crippen molar-refractivity contribution in [1.29, 1.82) is 0 Å². The van der Waals surface area contributed by atoms with Gasteiger partial charge in [0.2, 0.25) is 0 Å². The van der Waals surface area contributed by atoms with Crippen LogP contribution in [-0.4, -0.2) is 60.5 Å².